The third kappa shape index (κ3) is 3.73. The summed E-state index contributed by atoms with van der Waals surface area (Å²) in [6.07, 6.45) is 7.43. The molecule has 0 aromatic carbocycles. The van der Waals surface area contributed by atoms with E-state index < -0.39 is 0 Å². The van der Waals surface area contributed by atoms with E-state index in [-0.39, 0.29) is 6.10 Å². The summed E-state index contributed by atoms with van der Waals surface area (Å²) in [4.78, 5) is 9.54. The maximum Gasteiger partial charge on any atom is 0.160 e. The molecule has 0 aliphatic heterocycles. The molecule has 1 atom stereocenters. The standard InChI is InChI=1S/C17H29N3O/c1-5-14-12(3)19-17(20-16(14)18-4)15(21-6-2)13-10-8-7-9-11-13/h13,15H,5-11H2,1-4H3,(H,18,19,20). The molecule has 1 saturated carbocycles. The number of anilines is 1. The minimum Gasteiger partial charge on any atom is -0.373 e. The van der Waals surface area contributed by atoms with E-state index in [1.807, 2.05) is 7.05 Å². The van der Waals surface area contributed by atoms with Crippen molar-refractivity contribution in [2.24, 2.45) is 5.92 Å². The Labute approximate surface area is 128 Å². The lowest BCUT2D eigenvalue weighted by Crippen LogP contribution is -2.22. The van der Waals surface area contributed by atoms with Gasteiger partial charge in [-0.2, -0.15) is 0 Å². The van der Waals surface area contributed by atoms with Gasteiger partial charge in [-0.25, -0.2) is 9.97 Å². The zero-order chi connectivity index (χ0) is 15.2. The second-order valence-corrected chi connectivity index (χ2v) is 5.87. The van der Waals surface area contributed by atoms with Crippen LogP contribution in [-0.2, 0) is 11.2 Å². The molecule has 1 fully saturated rings. The Hall–Kier alpha value is -1.16. The van der Waals surface area contributed by atoms with E-state index in [2.05, 4.69) is 26.1 Å². The molecule has 0 saturated heterocycles. The lowest BCUT2D eigenvalue weighted by Gasteiger charge is -2.29. The van der Waals surface area contributed by atoms with E-state index in [4.69, 9.17) is 14.7 Å². The highest BCUT2D eigenvalue weighted by Gasteiger charge is 2.28. The predicted molar refractivity (Wildman–Crippen MR) is 86.6 cm³/mol. The topological polar surface area (TPSA) is 47.0 Å². The fourth-order valence-corrected chi connectivity index (χ4v) is 3.41. The van der Waals surface area contributed by atoms with E-state index in [1.54, 1.807) is 0 Å². The maximum atomic E-state index is 6.04. The first-order valence-electron chi connectivity index (χ1n) is 8.38. The van der Waals surface area contributed by atoms with Crippen molar-refractivity contribution >= 4 is 5.82 Å². The van der Waals surface area contributed by atoms with Crippen LogP contribution in [0.15, 0.2) is 0 Å². The third-order valence-electron chi connectivity index (χ3n) is 4.50. The fourth-order valence-electron chi connectivity index (χ4n) is 3.41. The van der Waals surface area contributed by atoms with E-state index in [0.717, 1.165) is 23.8 Å². The molecule has 1 N–H and O–H groups in total. The normalized spacial score (nSPS) is 17.7. The Bertz CT molecular complexity index is 456. The van der Waals surface area contributed by atoms with Gasteiger partial charge in [0.25, 0.3) is 0 Å². The summed E-state index contributed by atoms with van der Waals surface area (Å²) < 4.78 is 6.04. The van der Waals surface area contributed by atoms with Crippen LogP contribution in [-0.4, -0.2) is 23.6 Å². The van der Waals surface area contributed by atoms with E-state index >= 15 is 0 Å². The van der Waals surface area contributed by atoms with Gasteiger partial charge in [0.1, 0.15) is 11.9 Å². The molecule has 1 aliphatic carbocycles. The summed E-state index contributed by atoms with van der Waals surface area (Å²) in [5.74, 6) is 2.39. The number of rotatable bonds is 6. The molecular weight excluding hydrogens is 262 g/mol. The van der Waals surface area contributed by atoms with Crippen molar-refractivity contribution in [3.05, 3.63) is 17.1 Å². The number of nitrogens with one attached hydrogen (secondary N) is 1. The summed E-state index contributed by atoms with van der Waals surface area (Å²) in [5, 5.41) is 3.22. The monoisotopic (exact) mass is 291 g/mol. The van der Waals surface area contributed by atoms with E-state index in [0.29, 0.717) is 12.5 Å². The summed E-state index contributed by atoms with van der Waals surface area (Å²) >= 11 is 0. The van der Waals surface area contributed by atoms with Gasteiger partial charge < -0.3 is 10.1 Å². The van der Waals surface area contributed by atoms with Crippen molar-refractivity contribution in [3.63, 3.8) is 0 Å². The average Bonchev–Trinajstić information content (AvgIpc) is 2.52. The van der Waals surface area contributed by atoms with Gasteiger partial charge in [0.05, 0.1) is 0 Å². The first-order chi connectivity index (χ1) is 10.2. The first kappa shape index (κ1) is 16.2. The number of aryl methyl sites for hydroxylation is 1. The molecule has 1 aliphatic rings. The summed E-state index contributed by atoms with van der Waals surface area (Å²) in [6.45, 7) is 7.00. The Morgan fingerprint density at radius 3 is 2.48 bits per heavy atom. The average molecular weight is 291 g/mol. The van der Waals surface area contributed by atoms with Crippen molar-refractivity contribution in [2.45, 2.75) is 65.4 Å². The first-order valence-corrected chi connectivity index (χ1v) is 8.38. The van der Waals surface area contributed by atoms with Crippen molar-refractivity contribution < 1.29 is 4.74 Å². The van der Waals surface area contributed by atoms with Gasteiger partial charge in [-0.3, -0.25) is 0 Å². The fraction of sp³-hybridized carbons (Fsp3) is 0.765. The van der Waals surface area contributed by atoms with Crippen LogP contribution in [0.2, 0.25) is 0 Å². The summed E-state index contributed by atoms with van der Waals surface area (Å²) in [7, 11) is 1.93. The zero-order valence-corrected chi connectivity index (χ0v) is 13.9. The molecule has 0 bridgehead atoms. The SMILES string of the molecule is CCOC(c1nc(C)c(CC)c(NC)n1)C1CCCCC1. The van der Waals surface area contributed by atoms with Crippen molar-refractivity contribution in [2.75, 3.05) is 19.0 Å². The summed E-state index contributed by atoms with van der Waals surface area (Å²) in [6, 6.07) is 0. The predicted octanol–water partition coefficient (Wildman–Crippen LogP) is 4.05. The number of ether oxygens (including phenoxy) is 1. The Morgan fingerprint density at radius 2 is 1.90 bits per heavy atom. The van der Waals surface area contributed by atoms with Crippen molar-refractivity contribution in [1.29, 1.82) is 0 Å². The smallest absolute Gasteiger partial charge is 0.160 e. The number of nitrogens with zero attached hydrogens (tertiary/aromatic N) is 2. The largest absolute Gasteiger partial charge is 0.373 e. The molecule has 21 heavy (non-hydrogen) atoms. The molecule has 0 radical (unpaired) electrons. The van der Waals surface area contributed by atoms with Crippen LogP contribution in [0.25, 0.3) is 0 Å². The molecule has 1 aromatic heterocycles. The van der Waals surface area contributed by atoms with Crippen LogP contribution < -0.4 is 5.32 Å². The molecule has 4 nitrogen and oxygen atoms in total. The maximum absolute atomic E-state index is 6.04. The van der Waals surface area contributed by atoms with Gasteiger partial charge in [-0.15, -0.1) is 0 Å². The van der Waals surface area contributed by atoms with Gasteiger partial charge in [0, 0.05) is 24.9 Å². The van der Waals surface area contributed by atoms with Crippen molar-refractivity contribution in [3.8, 4) is 0 Å². The van der Waals surface area contributed by atoms with Crippen LogP contribution in [0, 0.1) is 12.8 Å². The quantitative estimate of drug-likeness (QED) is 0.859. The molecule has 1 aromatic rings. The molecule has 0 spiro atoms. The van der Waals surface area contributed by atoms with Crippen LogP contribution in [0.5, 0.6) is 0 Å². The van der Waals surface area contributed by atoms with Crippen LogP contribution in [0.1, 0.15) is 69.1 Å². The Kier molecular flexibility index (Phi) is 5.97. The number of hydrogen-bond donors (Lipinski definition) is 1. The lowest BCUT2D eigenvalue weighted by molar-refractivity contribution is -0.000218. The molecule has 0 amide bonds. The Morgan fingerprint density at radius 1 is 1.19 bits per heavy atom. The Balaban J connectivity index is 2.32. The van der Waals surface area contributed by atoms with Crippen molar-refractivity contribution in [1.82, 2.24) is 9.97 Å². The van der Waals surface area contributed by atoms with Gasteiger partial charge in [0.15, 0.2) is 5.82 Å². The van der Waals surface area contributed by atoms with Gasteiger partial charge >= 0.3 is 0 Å². The molecule has 2 rings (SSSR count). The van der Waals surface area contributed by atoms with E-state index in [9.17, 15) is 0 Å². The van der Waals surface area contributed by atoms with Gasteiger partial charge in [0.2, 0.25) is 0 Å². The minimum absolute atomic E-state index is 0.0482. The highest BCUT2D eigenvalue weighted by molar-refractivity contribution is 5.46. The second kappa shape index (κ2) is 7.74. The second-order valence-electron chi connectivity index (χ2n) is 5.87. The van der Waals surface area contributed by atoms with Crippen LogP contribution in [0.4, 0.5) is 5.82 Å². The lowest BCUT2D eigenvalue weighted by atomic mass is 9.84. The molecule has 118 valence electrons. The van der Waals surface area contributed by atoms with Gasteiger partial charge in [-0.1, -0.05) is 26.2 Å². The third-order valence-corrected chi connectivity index (χ3v) is 4.50. The summed E-state index contributed by atoms with van der Waals surface area (Å²) in [5.41, 5.74) is 2.28. The molecule has 4 heteroatoms. The minimum atomic E-state index is 0.0482. The van der Waals surface area contributed by atoms with Crippen LogP contribution >= 0.6 is 0 Å². The molecular formula is C17H29N3O. The highest BCUT2D eigenvalue weighted by Crippen LogP contribution is 2.36. The molecule has 1 unspecified atom stereocenters. The van der Waals surface area contributed by atoms with Crippen LogP contribution in [0.3, 0.4) is 0 Å². The highest BCUT2D eigenvalue weighted by atomic mass is 16.5. The molecule has 1 heterocycles. The zero-order valence-electron chi connectivity index (χ0n) is 13.9. The van der Waals surface area contributed by atoms with E-state index in [1.165, 1.54) is 37.7 Å². The number of aromatic nitrogens is 2. The van der Waals surface area contributed by atoms with Gasteiger partial charge in [-0.05, 0) is 39.0 Å². The number of hydrogen-bond acceptors (Lipinski definition) is 4.